The number of ether oxygens (including phenoxy) is 1. The van der Waals surface area contributed by atoms with Crippen LogP contribution in [0.2, 0.25) is 0 Å². The van der Waals surface area contributed by atoms with E-state index in [1.54, 1.807) is 7.11 Å². The maximum atomic E-state index is 9.92. The van der Waals surface area contributed by atoms with E-state index in [-0.39, 0.29) is 11.6 Å². The van der Waals surface area contributed by atoms with Gasteiger partial charge >= 0.3 is 0 Å². The molecule has 2 unspecified atom stereocenters. The quantitative estimate of drug-likeness (QED) is 0.629. The normalized spacial score (nSPS) is 39.3. The van der Waals surface area contributed by atoms with Gasteiger partial charge in [0.05, 0.1) is 18.2 Å². The molecule has 2 atom stereocenters. The molecule has 0 spiro atoms. The molecule has 0 aromatic heterocycles. The average molecular weight is 183 g/mol. The van der Waals surface area contributed by atoms with Gasteiger partial charge in [0.2, 0.25) is 0 Å². The predicted octanol–water partition coefficient (Wildman–Crippen LogP) is 0.398. The van der Waals surface area contributed by atoms with Gasteiger partial charge < -0.3 is 9.84 Å². The average Bonchev–Trinajstić information content (AvgIpc) is 2.55. The summed E-state index contributed by atoms with van der Waals surface area (Å²) in [5, 5.41) is 9.92. The fraction of sp³-hybridized carbons (Fsp3) is 0.800. The maximum Gasteiger partial charge on any atom is 0.0772 e. The predicted molar refractivity (Wildman–Crippen MR) is 50.6 cm³/mol. The molecule has 0 aromatic carbocycles. The Morgan fingerprint density at radius 3 is 3.23 bits per heavy atom. The van der Waals surface area contributed by atoms with Gasteiger partial charge in [-0.3, -0.25) is 4.90 Å². The molecule has 1 fully saturated rings. The Balaban J connectivity index is 2.22. The van der Waals surface area contributed by atoms with Crippen molar-refractivity contribution in [2.45, 2.75) is 25.0 Å². The minimum atomic E-state index is -0.226. The first kappa shape index (κ1) is 9.19. The molecular weight excluding hydrogens is 166 g/mol. The molecule has 3 nitrogen and oxygen atoms in total. The van der Waals surface area contributed by atoms with Crippen molar-refractivity contribution in [3.05, 3.63) is 11.6 Å². The highest BCUT2D eigenvalue weighted by Crippen LogP contribution is 2.39. The van der Waals surface area contributed by atoms with Crippen LogP contribution in [-0.2, 0) is 4.74 Å². The van der Waals surface area contributed by atoms with E-state index in [1.807, 2.05) is 0 Å². The highest BCUT2D eigenvalue weighted by molar-refractivity contribution is 5.30. The van der Waals surface area contributed by atoms with Crippen molar-refractivity contribution in [1.29, 1.82) is 0 Å². The Hall–Kier alpha value is -0.380. The smallest absolute Gasteiger partial charge is 0.0772 e. The lowest BCUT2D eigenvalue weighted by Crippen LogP contribution is -2.46. The number of hydrogen-bond donors (Lipinski definition) is 1. The van der Waals surface area contributed by atoms with Crippen LogP contribution in [0.25, 0.3) is 0 Å². The second kappa shape index (κ2) is 3.08. The third-order valence-corrected chi connectivity index (χ3v) is 3.49. The topological polar surface area (TPSA) is 32.7 Å². The number of aliphatic hydroxyl groups excluding tert-OH is 1. The van der Waals surface area contributed by atoms with Gasteiger partial charge in [0, 0.05) is 20.2 Å². The number of nitrogens with zero attached hydrogens (tertiary/aromatic N) is 1. The number of aliphatic hydroxyl groups is 1. The Kier molecular flexibility index (Phi) is 2.18. The molecule has 0 aromatic rings. The Morgan fingerprint density at radius 1 is 1.77 bits per heavy atom. The zero-order valence-electron chi connectivity index (χ0n) is 8.29. The van der Waals surface area contributed by atoms with Crippen molar-refractivity contribution < 1.29 is 9.84 Å². The molecule has 2 heterocycles. The first-order valence-corrected chi connectivity index (χ1v) is 4.81. The molecule has 2 rings (SSSR count). The zero-order chi connectivity index (χ0) is 9.47. The van der Waals surface area contributed by atoms with Gasteiger partial charge in [0.1, 0.15) is 0 Å². The van der Waals surface area contributed by atoms with E-state index in [0.717, 1.165) is 19.5 Å². The second-order valence-corrected chi connectivity index (χ2v) is 4.06. The lowest BCUT2D eigenvalue weighted by atomic mass is 9.89. The van der Waals surface area contributed by atoms with Gasteiger partial charge in [0.25, 0.3) is 0 Å². The van der Waals surface area contributed by atoms with Gasteiger partial charge in [-0.1, -0.05) is 6.08 Å². The molecule has 0 saturated carbocycles. The molecule has 0 radical (unpaired) electrons. The van der Waals surface area contributed by atoms with Gasteiger partial charge in [-0.2, -0.15) is 0 Å². The van der Waals surface area contributed by atoms with Crippen LogP contribution in [-0.4, -0.2) is 48.5 Å². The van der Waals surface area contributed by atoms with E-state index in [0.29, 0.717) is 6.61 Å². The number of rotatable bonds is 2. The molecule has 3 heteroatoms. The molecule has 74 valence electrons. The summed E-state index contributed by atoms with van der Waals surface area (Å²) in [6.07, 6.45) is 2.85. The van der Waals surface area contributed by atoms with Crippen molar-refractivity contribution >= 4 is 0 Å². The van der Waals surface area contributed by atoms with E-state index in [4.69, 9.17) is 4.74 Å². The first-order chi connectivity index (χ1) is 6.19. The fourth-order valence-electron chi connectivity index (χ4n) is 2.49. The zero-order valence-corrected chi connectivity index (χ0v) is 8.29. The van der Waals surface area contributed by atoms with Crippen LogP contribution in [0.3, 0.4) is 0 Å². The monoisotopic (exact) mass is 183 g/mol. The van der Waals surface area contributed by atoms with Crippen molar-refractivity contribution in [3.8, 4) is 0 Å². The summed E-state index contributed by atoms with van der Waals surface area (Å²) in [6, 6.07) is 0. The molecular formula is C10H17NO2. The number of hydrogen-bond acceptors (Lipinski definition) is 3. The van der Waals surface area contributed by atoms with E-state index in [2.05, 4.69) is 17.9 Å². The van der Waals surface area contributed by atoms with Crippen molar-refractivity contribution in [2.24, 2.45) is 0 Å². The third-order valence-electron chi connectivity index (χ3n) is 3.49. The summed E-state index contributed by atoms with van der Waals surface area (Å²) in [7, 11) is 1.70. The Morgan fingerprint density at radius 2 is 2.54 bits per heavy atom. The molecule has 0 amide bonds. The molecule has 2 aliphatic heterocycles. The van der Waals surface area contributed by atoms with Crippen molar-refractivity contribution in [2.75, 3.05) is 26.8 Å². The third kappa shape index (κ3) is 1.15. The highest BCUT2D eigenvalue weighted by atomic mass is 16.5. The summed E-state index contributed by atoms with van der Waals surface area (Å²) in [5.74, 6) is 0. The Labute approximate surface area is 79.0 Å². The van der Waals surface area contributed by atoms with Gasteiger partial charge in [-0.15, -0.1) is 0 Å². The maximum absolute atomic E-state index is 9.92. The Bertz CT molecular complexity index is 239. The molecule has 13 heavy (non-hydrogen) atoms. The minimum Gasteiger partial charge on any atom is -0.391 e. The van der Waals surface area contributed by atoms with Crippen LogP contribution in [0.15, 0.2) is 11.6 Å². The van der Waals surface area contributed by atoms with Crippen molar-refractivity contribution in [3.63, 3.8) is 0 Å². The minimum absolute atomic E-state index is 0.143. The lowest BCUT2D eigenvalue weighted by Gasteiger charge is -2.33. The lowest BCUT2D eigenvalue weighted by molar-refractivity contribution is 0.0719. The number of fused-ring (bicyclic) bond motifs is 1. The van der Waals surface area contributed by atoms with Crippen LogP contribution < -0.4 is 0 Å². The van der Waals surface area contributed by atoms with E-state index in [1.165, 1.54) is 5.57 Å². The summed E-state index contributed by atoms with van der Waals surface area (Å²) in [6.45, 7) is 4.72. The molecule has 0 aliphatic carbocycles. The van der Waals surface area contributed by atoms with E-state index < -0.39 is 0 Å². The van der Waals surface area contributed by atoms with Crippen LogP contribution in [0, 0.1) is 0 Å². The summed E-state index contributed by atoms with van der Waals surface area (Å²) in [5.41, 5.74) is 1.09. The van der Waals surface area contributed by atoms with Crippen LogP contribution >= 0.6 is 0 Å². The largest absolute Gasteiger partial charge is 0.391 e. The van der Waals surface area contributed by atoms with Gasteiger partial charge in [0.15, 0.2) is 0 Å². The summed E-state index contributed by atoms with van der Waals surface area (Å²) < 4.78 is 5.14. The number of methoxy groups -OCH3 is 1. The summed E-state index contributed by atoms with van der Waals surface area (Å²) in [4.78, 5) is 2.33. The molecule has 0 bridgehead atoms. The highest BCUT2D eigenvalue weighted by Gasteiger charge is 2.49. The summed E-state index contributed by atoms with van der Waals surface area (Å²) >= 11 is 0. The SMILES string of the molecule is COCC1=CCN2CCC(O)C12C. The molecule has 2 aliphatic rings. The van der Waals surface area contributed by atoms with Crippen molar-refractivity contribution in [1.82, 2.24) is 4.90 Å². The van der Waals surface area contributed by atoms with Gasteiger partial charge in [-0.25, -0.2) is 0 Å². The van der Waals surface area contributed by atoms with Gasteiger partial charge in [-0.05, 0) is 18.9 Å². The van der Waals surface area contributed by atoms with E-state index >= 15 is 0 Å². The molecule has 1 N–H and O–H groups in total. The van der Waals surface area contributed by atoms with Crippen LogP contribution in [0.1, 0.15) is 13.3 Å². The van der Waals surface area contributed by atoms with Crippen LogP contribution in [0.5, 0.6) is 0 Å². The first-order valence-electron chi connectivity index (χ1n) is 4.81. The fourth-order valence-corrected chi connectivity index (χ4v) is 2.49. The van der Waals surface area contributed by atoms with Crippen LogP contribution in [0.4, 0.5) is 0 Å². The molecule has 1 saturated heterocycles. The van der Waals surface area contributed by atoms with E-state index in [9.17, 15) is 5.11 Å². The second-order valence-electron chi connectivity index (χ2n) is 4.06. The standard InChI is InChI=1S/C10H17NO2/c1-10-8(7-13-2)3-5-11(10)6-4-9(10)12/h3,9,12H,4-7H2,1-2H3.